The standard InChI is InChI=1S/2CHNO.K.H/c2*2-1-3;;/h2*3H;;/q;;+1;-1. The largest absolute Gasteiger partial charge is 1.00 e. The van der Waals surface area contributed by atoms with Crippen molar-refractivity contribution in [3.05, 3.63) is 0 Å². The summed E-state index contributed by atoms with van der Waals surface area (Å²) in [6.45, 7) is 0. The van der Waals surface area contributed by atoms with Crippen LogP contribution in [0.15, 0.2) is 0 Å². The van der Waals surface area contributed by atoms with Crippen LogP contribution in [-0.4, -0.2) is 10.2 Å². The topological polar surface area (TPSA) is 88.0 Å². The molecule has 0 rings (SSSR count). The molecule has 2 N–H and O–H groups in total. The Hall–Kier alpha value is 0.216. The van der Waals surface area contributed by atoms with E-state index in [1.54, 1.807) is 0 Å². The summed E-state index contributed by atoms with van der Waals surface area (Å²) >= 11 is 0. The van der Waals surface area contributed by atoms with Crippen molar-refractivity contribution in [3.63, 3.8) is 0 Å². The molecule has 0 aliphatic carbocycles. The second-order valence-electron chi connectivity index (χ2n) is 0.200. The molecule has 34 valence electrons. The monoisotopic (exact) mass is 126 g/mol. The fraction of sp³-hybridized carbons (Fsp3) is 0. The van der Waals surface area contributed by atoms with Gasteiger partial charge in [0.2, 0.25) is 0 Å². The second kappa shape index (κ2) is 34.4. The summed E-state index contributed by atoms with van der Waals surface area (Å²) in [5.41, 5.74) is 0. The van der Waals surface area contributed by atoms with Crippen molar-refractivity contribution in [3.8, 4) is 12.5 Å². The number of nitrogens with zero attached hydrogens (tertiary/aromatic N) is 2. The van der Waals surface area contributed by atoms with Crippen molar-refractivity contribution in [1.29, 1.82) is 10.5 Å². The summed E-state index contributed by atoms with van der Waals surface area (Å²) in [5.74, 6) is 0. The summed E-state index contributed by atoms with van der Waals surface area (Å²) in [5, 5.41) is 27.5. The Balaban J connectivity index is -0.0000000160. The molecule has 0 saturated heterocycles. The SMILES string of the molecule is N#CO.N#CO.[H-].[K+]. The molecule has 0 saturated carbocycles. The Morgan fingerprint density at radius 3 is 1.14 bits per heavy atom. The maximum absolute atomic E-state index is 6.88. The third-order valence-electron chi connectivity index (χ3n) is 0. The first kappa shape index (κ1) is 15.7. The molecule has 0 radical (unpaired) electrons. The van der Waals surface area contributed by atoms with Crippen molar-refractivity contribution in [2.45, 2.75) is 0 Å². The van der Waals surface area contributed by atoms with Crippen LogP contribution in [0.5, 0.6) is 0 Å². The van der Waals surface area contributed by atoms with Gasteiger partial charge in [0.05, 0.1) is 0 Å². The van der Waals surface area contributed by atoms with Gasteiger partial charge in [0.25, 0.3) is 12.5 Å². The molecule has 0 unspecified atom stereocenters. The fourth-order valence-electron chi connectivity index (χ4n) is 0. The van der Waals surface area contributed by atoms with Gasteiger partial charge in [-0.05, 0) is 0 Å². The van der Waals surface area contributed by atoms with Gasteiger partial charge in [0, 0.05) is 0 Å². The van der Waals surface area contributed by atoms with Crippen LogP contribution in [0.4, 0.5) is 0 Å². The van der Waals surface area contributed by atoms with Gasteiger partial charge in [-0.3, -0.25) is 0 Å². The summed E-state index contributed by atoms with van der Waals surface area (Å²) in [4.78, 5) is 0. The molecule has 0 spiro atoms. The zero-order valence-electron chi connectivity index (χ0n) is 4.79. The molecule has 0 aromatic heterocycles. The summed E-state index contributed by atoms with van der Waals surface area (Å²) in [6, 6.07) is 0. The molecule has 0 heterocycles. The van der Waals surface area contributed by atoms with Gasteiger partial charge in [-0.15, -0.1) is 0 Å². The van der Waals surface area contributed by atoms with Crippen LogP contribution in [0.3, 0.4) is 0 Å². The van der Waals surface area contributed by atoms with E-state index in [0.29, 0.717) is 0 Å². The van der Waals surface area contributed by atoms with E-state index in [-0.39, 0.29) is 52.8 Å². The fourth-order valence-corrected chi connectivity index (χ4v) is 0. The third kappa shape index (κ3) is 2360. The molecule has 0 aromatic rings. The van der Waals surface area contributed by atoms with Gasteiger partial charge in [-0.1, -0.05) is 0 Å². The molecule has 0 aromatic carbocycles. The number of hydrogen-bond acceptors (Lipinski definition) is 4. The van der Waals surface area contributed by atoms with Crippen LogP contribution >= 0.6 is 0 Å². The van der Waals surface area contributed by atoms with Crippen LogP contribution in [0.25, 0.3) is 0 Å². The summed E-state index contributed by atoms with van der Waals surface area (Å²) in [7, 11) is 0. The maximum Gasteiger partial charge on any atom is 1.00 e. The molecular weight excluding hydrogens is 123 g/mol. The predicted octanol–water partition coefficient (Wildman–Crippen LogP) is -3.20. The van der Waals surface area contributed by atoms with Gasteiger partial charge in [-0.25, -0.2) is 0 Å². The Morgan fingerprint density at radius 1 is 1.14 bits per heavy atom. The van der Waals surface area contributed by atoms with Gasteiger partial charge in [-0.2, -0.15) is 10.5 Å². The molecule has 7 heavy (non-hydrogen) atoms. The van der Waals surface area contributed by atoms with E-state index >= 15 is 0 Å². The van der Waals surface area contributed by atoms with E-state index in [2.05, 4.69) is 0 Å². The smallest absolute Gasteiger partial charge is 1.00 e. The minimum Gasteiger partial charge on any atom is -1.00 e. The van der Waals surface area contributed by atoms with Gasteiger partial charge >= 0.3 is 51.4 Å². The van der Waals surface area contributed by atoms with E-state index in [1.807, 2.05) is 0 Å². The molecule has 0 aliphatic heterocycles. The quantitative estimate of drug-likeness (QED) is 0.264. The van der Waals surface area contributed by atoms with E-state index < -0.39 is 0 Å². The zero-order chi connectivity index (χ0) is 5.41. The molecule has 0 aliphatic rings. The molecule has 0 atom stereocenters. The molecule has 0 fully saturated rings. The normalized spacial score (nSPS) is 2.00. The number of rotatable bonds is 0. The van der Waals surface area contributed by atoms with Crippen molar-refractivity contribution in [2.75, 3.05) is 0 Å². The number of aliphatic hydroxyl groups excluding tert-OH is 2. The first-order chi connectivity index (χ1) is 2.83. The van der Waals surface area contributed by atoms with E-state index in [9.17, 15) is 0 Å². The molecule has 0 bridgehead atoms. The number of aliphatic hydroxyl groups is 2. The van der Waals surface area contributed by atoms with Crippen LogP contribution < -0.4 is 51.4 Å². The molecule has 0 amide bonds. The predicted molar refractivity (Wildman–Crippen MR) is 16.2 cm³/mol. The van der Waals surface area contributed by atoms with E-state index in [4.69, 9.17) is 20.7 Å². The third-order valence-corrected chi connectivity index (χ3v) is 0. The van der Waals surface area contributed by atoms with Crippen molar-refractivity contribution in [1.82, 2.24) is 0 Å². The van der Waals surface area contributed by atoms with Crippen molar-refractivity contribution in [2.24, 2.45) is 0 Å². The average molecular weight is 126 g/mol. The Labute approximate surface area is 84.9 Å². The van der Waals surface area contributed by atoms with Crippen LogP contribution in [0.1, 0.15) is 1.43 Å². The van der Waals surface area contributed by atoms with E-state index in [1.165, 1.54) is 0 Å². The molecule has 5 heteroatoms. The van der Waals surface area contributed by atoms with Crippen molar-refractivity contribution < 1.29 is 63.0 Å². The first-order valence-corrected chi connectivity index (χ1v) is 0.894. The van der Waals surface area contributed by atoms with Crippen molar-refractivity contribution >= 4 is 0 Å². The van der Waals surface area contributed by atoms with Gasteiger partial charge in [0.15, 0.2) is 0 Å². The Morgan fingerprint density at radius 2 is 1.14 bits per heavy atom. The summed E-state index contributed by atoms with van der Waals surface area (Å²) < 4.78 is 0. The number of nitriles is 2. The minimum absolute atomic E-state index is 0. The van der Waals surface area contributed by atoms with Crippen LogP contribution in [0, 0.1) is 23.0 Å². The number of hydrogen-bond donors (Lipinski definition) is 2. The Kier molecular flexibility index (Phi) is 77.2. The molecule has 4 nitrogen and oxygen atoms in total. The second-order valence-corrected chi connectivity index (χ2v) is 0.200. The van der Waals surface area contributed by atoms with E-state index in [0.717, 1.165) is 12.5 Å². The Bertz CT molecular complexity index is 73.0. The minimum atomic E-state index is 0. The van der Waals surface area contributed by atoms with Crippen LogP contribution in [-0.2, 0) is 0 Å². The summed E-state index contributed by atoms with van der Waals surface area (Å²) in [6.07, 6.45) is 1.50. The maximum atomic E-state index is 6.88. The van der Waals surface area contributed by atoms with Gasteiger partial charge in [0.1, 0.15) is 0 Å². The van der Waals surface area contributed by atoms with Crippen LogP contribution in [0.2, 0.25) is 0 Å². The first-order valence-electron chi connectivity index (χ1n) is 0.894. The average Bonchev–Trinajstić information content (AvgIpc) is 1.39. The molecular formula is C2H3KN2O2. The van der Waals surface area contributed by atoms with Gasteiger partial charge < -0.3 is 11.6 Å². The zero-order valence-corrected chi connectivity index (χ0v) is 6.91.